The summed E-state index contributed by atoms with van der Waals surface area (Å²) in [4.78, 5) is 25.3. The Labute approximate surface area is 171 Å². The van der Waals surface area contributed by atoms with Gasteiger partial charge in [0.25, 0.3) is 0 Å². The van der Waals surface area contributed by atoms with Crippen molar-refractivity contribution in [2.45, 2.75) is 30.4 Å². The number of aromatic hydroxyl groups is 1. The first-order valence-electron chi connectivity index (χ1n) is 9.36. The second kappa shape index (κ2) is 8.71. The molecule has 2 aromatic carbocycles. The summed E-state index contributed by atoms with van der Waals surface area (Å²) in [5.74, 6) is 0.325. The van der Waals surface area contributed by atoms with Crippen LogP contribution in [0.1, 0.15) is 28.8 Å². The molecule has 2 heterocycles. The molecule has 4 rings (SSSR count). The fourth-order valence-corrected chi connectivity index (χ4v) is 4.39. The quantitative estimate of drug-likeness (QED) is 0.370. The van der Waals surface area contributed by atoms with Crippen molar-refractivity contribution in [3.63, 3.8) is 0 Å². The SMILES string of the molecule is O=C(OCc1cc(=O)oc2cc(O)ccc12)c1ccccc1SC[C@H]1CCCO1. The largest absolute Gasteiger partial charge is 0.508 e. The molecule has 1 saturated heterocycles. The smallest absolute Gasteiger partial charge is 0.339 e. The van der Waals surface area contributed by atoms with E-state index in [1.54, 1.807) is 30.0 Å². The van der Waals surface area contributed by atoms with Crippen molar-refractivity contribution in [3.05, 3.63) is 70.1 Å². The van der Waals surface area contributed by atoms with Gasteiger partial charge in [-0.15, -0.1) is 11.8 Å². The van der Waals surface area contributed by atoms with Crippen LogP contribution < -0.4 is 5.63 Å². The lowest BCUT2D eigenvalue weighted by atomic mass is 10.1. The summed E-state index contributed by atoms with van der Waals surface area (Å²) in [5, 5.41) is 10.2. The number of ether oxygens (including phenoxy) is 2. The maximum absolute atomic E-state index is 12.7. The number of thioether (sulfide) groups is 1. The second-order valence-corrected chi connectivity index (χ2v) is 7.85. The highest BCUT2D eigenvalue weighted by atomic mass is 32.2. The zero-order chi connectivity index (χ0) is 20.2. The lowest BCUT2D eigenvalue weighted by Gasteiger charge is -2.12. The molecule has 1 fully saturated rings. The van der Waals surface area contributed by atoms with Crippen LogP contribution in [0.25, 0.3) is 11.0 Å². The summed E-state index contributed by atoms with van der Waals surface area (Å²) in [6.07, 6.45) is 2.33. The van der Waals surface area contributed by atoms with Gasteiger partial charge in [0.05, 0.1) is 11.7 Å². The van der Waals surface area contributed by atoms with Crippen LogP contribution in [-0.4, -0.2) is 29.5 Å². The van der Waals surface area contributed by atoms with Crippen LogP contribution in [-0.2, 0) is 16.1 Å². The van der Waals surface area contributed by atoms with Gasteiger partial charge in [-0.25, -0.2) is 9.59 Å². The van der Waals surface area contributed by atoms with E-state index in [1.165, 1.54) is 18.2 Å². The molecule has 7 heteroatoms. The van der Waals surface area contributed by atoms with Gasteiger partial charge in [0.2, 0.25) is 0 Å². The molecular formula is C22H20O6S. The number of hydrogen-bond donors (Lipinski definition) is 1. The van der Waals surface area contributed by atoms with E-state index in [0.29, 0.717) is 16.5 Å². The maximum atomic E-state index is 12.7. The lowest BCUT2D eigenvalue weighted by Crippen LogP contribution is -2.11. The summed E-state index contributed by atoms with van der Waals surface area (Å²) in [6, 6.07) is 13.1. The van der Waals surface area contributed by atoms with E-state index in [1.807, 2.05) is 12.1 Å². The first-order valence-corrected chi connectivity index (χ1v) is 10.3. The van der Waals surface area contributed by atoms with Crippen molar-refractivity contribution in [3.8, 4) is 5.75 Å². The fraction of sp³-hybridized carbons (Fsp3) is 0.273. The Hall–Kier alpha value is -2.77. The molecule has 0 bridgehead atoms. The van der Waals surface area contributed by atoms with Crippen LogP contribution in [0.15, 0.2) is 62.6 Å². The zero-order valence-electron chi connectivity index (χ0n) is 15.6. The van der Waals surface area contributed by atoms with Gasteiger partial charge in [-0.2, -0.15) is 0 Å². The molecule has 1 N–H and O–H groups in total. The van der Waals surface area contributed by atoms with E-state index < -0.39 is 11.6 Å². The highest BCUT2D eigenvalue weighted by molar-refractivity contribution is 7.99. The highest BCUT2D eigenvalue weighted by Gasteiger charge is 2.19. The number of hydrogen-bond acceptors (Lipinski definition) is 7. The number of fused-ring (bicyclic) bond motifs is 1. The Kier molecular flexibility index (Phi) is 5.87. The minimum atomic E-state index is -0.568. The molecule has 0 spiro atoms. The standard InChI is InChI=1S/C22H20O6S/c23-15-7-8-17-14(10-21(24)28-19(17)11-15)12-27-22(25)18-5-1-2-6-20(18)29-13-16-4-3-9-26-16/h1-2,5-8,10-11,16,23H,3-4,9,12-13H2/t16-/m1/s1. The third kappa shape index (κ3) is 4.63. The van der Waals surface area contributed by atoms with E-state index in [-0.39, 0.29) is 24.0 Å². The van der Waals surface area contributed by atoms with Gasteiger partial charge in [0.1, 0.15) is 17.9 Å². The summed E-state index contributed by atoms with van der Waals surface area (Å²) in [6.45, 7) is 0.724. The third-order valence-electron chi connectivity index (χ3n) is 4.73. The van der Waals surface area contributed by atoms with E-state index in [4.69, 9.17) is 13.9 Å². The predicted octanol–water partition coefficient (Wildman–Crippen LogP) is 4.13. The predicted molar refractivity (Wildman–Crippen MR) is 109 cm³/mol. The Morgan fingerprint density at radius 2 is 2.07 bits per heavy atom. The number of rotatable bonds is 6. The molecule has 0 aliphatic carbocycles. The minimum absolute atomic E-state index is 0.00742. The van der Waals surface area contributed by atoms with Crippen LogP contribution >= 0.6 is 11.8 Å². The monoisotopic (exact) mass is 412 g/mol. The Morgan fingerprint density at radius 1 is 1.21 bits per heavy atom. The average Bonchev–Trinajstić information content (AvgIpc) is 3.23. The topological polar surface area (TPSA) is 86.0 Å². The number of carbonyl (C=O) groups excluding carboxylic acids is 1. The van der Waals surface area contributed by atoms with Crippen molar-refractivity contribution in [2.75, 3.05) is 12.4 Å². The average molecular weight is 412 g/mol. The van der Waals surface area contributed by atoms with Crippen molar-refractivity contribution < 1.29 is 23.8 Å². The molecule has 6 nitrogen and oxygen atoms in total. The molecule has 0 amide bonds. The number of benzene rings is 2. The van der Waals surface area contributed by atoms with E-state index in [9.17, 15) is 14.7 Å². The normalized spacial score (nSPS) is 16.2. The van der Waals surface area contributed by atoms with Gasteiger partial charge in [0.15, 0.2) is 0 Å². The van der Waals surface area contributed by atoms with Gasteiger partial charge in [-0.1, -0.05) is 12.1 Å². The van der Waals surface area contributed by atoms with Crippen LogP contribution in [0.2, 0.25) is 0 Å². The molecule has 1 aromatic heterocycles. The fourth-order valence-electron chi connectivity index (χ4n) is 3.28. The number of carbonyl (C=O) groups is 1. The van der Waals surface area contributed by atoms with Gasteiger partial charge >= 0.3 is 11.6 Å². The molecule has 0 radical (unpaired) electrons. The molecule has 150 valence electrons. The number of esters is 1. The van der Waals surface area contributed by atoms with Gasteiger partial charge in [0, 0.05) is 40.3 Å². The maximum Gasteiger partial charge on any atom is 0.339 e. The number of phenolic OH excluding ortho intramolecular Hbond substituents is 1. The van der Waals surface area contributed by atoms with Gasteiger partial charge < -0.3 is 19.0 Å². The number of phenols is 1. The molecule has 29 heavy (non-hydrogen) atoms. The van der Waals surface area contributed by atoms with E-state index >= 15 is 0 Å². The van der Waals surface area contributed by atoms with Gasteiger partial charge in [-0.3, -0.25) is 0 Å². The first-order chi connectivity index (χ1) is 14.1. The zero-order valence-corrected chi connectivity index (χ0v) is 16.4. The molecule has 3 aromatic rings. The molecule has 1 atom stereocenters. The first kappa shape index (κ1) is 19.5. The molecular weight excluding hydrogens is 392 g/mol. The Bertz CT molecular complexity index is 1080. The van der Waals surface area contributed by atoms with E-state index in [0.717, 1.165) is 30.1 Å². The minimum Gasteiger partial charge on any atom is -0.508 e. The summed E-state index contributed by atoms with van der Waals surface area (Å²) < 4.78 is 16.2. The Morgan fingerprint density at radius 3 is 2.90 bits per heavy atom. The van der Waals surface area contributed by atoms with E-state index in [2.05, 4.69) is 0 Å². The molecule has 1 aliphatic rings. The Balaban J connectivity index is 1.49. The summed E-state index contributed by atoms with van der Waals surface area (Å²) >= 11 is 1.58. The van der Waals surface area contributed by atoms with Crippen LogP contribution in [0.5, 0.6) is 5.75 Å². The van der Waals surface area contributed by atoms with Crippen LogP contribution in [0.3, 0.4) is 0 Å². The summed E-state index contributed by atoms with van der Waals surface area (Å²) in [7, 11) is 0. The van der Waals surface area contributed by atoms with Crippen LogP contribution in [0, 0.1) is 0 Å². The van der Waals surface area contributed by atoms with Crippen molar-refractivity contribution in [2.24, 2.45) is 0 Å². The van der Waals surface area contributed by atoms with Crippen molar-refractivity contribution in [1.82, 2.24) is 0 Å². The molecule has 0 saturated carbocycles. The third-order valence-corrected chi connectivity index (χ3v) is 5.93. The van der Waals surface area contributed by atoms with Crippen molar-refractivity contribution in [1.29, 1.82) is 0 Å². The van der Waals surface area contributed by atoms with Gasteiger partial charge in [-0.05, 0) is 37.1 Å². The highest BCUT2D eigenvalue weighted by Crippen LogP contribution is 2.28. The van der Waals surface area contributed by atoms with Crippen LogP contribution in [0.4, 0.5) is 0 Å². The lowest BCUT2D eigenvalue weighted by molar-refractivity contribution is 0.0469. The summed E-state index contributed by atoms with van der Waals surface area (Å²) in [5.41, 5.74) is 0.687. The second-order valence-electron chi connectivity index (χ2n) is 6.79. The van der Waals surface area contributed by atoms with Crippen molar-refractivity contribution >= 4 is 28.7 Å². The molecule has 1 aliphatic heterocycles. The molecule has 0 unspecified atom stereocenters.